The van der Waals surface area contributed by atoms with Crippen molar-refractivity contribution in [2.45, 2.75) is 77.2 Å². The van der Waals surface area contributed by atoms with Crippen LogP contribution in [0.5, 0.6) is 0 Å². The van der Waals surface area contributed by atoms with Gasteiger partial charge in [0.2, 0.25) is 5.91 Å². The minimum absolute atomic E-state index is 0.101. The van der Waals surface area contributed by atoms with Crippen molar-refractivity contribution in [3.63, 3.8) is 0 Å². The first-order chi connectivity index (χ1) is 12.0. The third-order valence-corrected chi connectivity index (χ3v) is 8.76. The van der Waals surface area contributed by atoms with Crippen LogP contribution < -0.4 is 10.6 Å². The lowest BCUT2D eigenvalue weighted by molar-refractivity contribution is -0.144. The molecule has 138 valence electrons. The molecule has 0 spiro atoms. The van der Waals surface area contributed by atoms with E-state index in [1.807, 2.05) is 0 Å². The predicted octanol–water partition coefficient (Wildman–Crippen LogP) is 4.02. The molecule has 4 atom stereocenters. The highest BCUT2D eigenvalue weighted by Crippen LogP contribution is 2.60. The van der Waals surface area contributed by atoms with Gasteiger partial charge in [-0.05, 0) is 112 Å². The number of fused-ring (bicyclic) bond motifs is 2. The standard InChI is InChI=1S/C21H32N2OS/c1-12(18-8-13-2-3-17(18)7-13)22-20(25)23-19(24)21-9-14-4-15(10-21)6-16(5-14)11-21/h12-18H,2-11H2,1H3,(H2,22,23,24,25). The zero-order chi connectivity index (χ0) is 17.2. The van der Waals surface area contributed by atoms with E-state index < -0.39 is 0 Å². The molecule has 0 aromatic heterocycles. The fourth-order valence-corrected chi connectivity index (χ4v) is 8.16. The number of rotatable bonds is 3. The van der Waals surface area contributed by atoms with Crippen LogP contribution in [-0.4, -0.2) is 17.1 Å². The average Bonchev–Trinajstić information content (AvgIpc) is 3.16. The minimum atomic E-state index is -0.101. The van der Waals surface area contributed by atoms with Gasteiger partial charge < -0.3 is 10.6 Å². The molecule has 6 aliphatic rings. The van der Waals surface area contributed by atoms with Gasteiger partial charge in [-0.15, -0.1) is 0 Å². The number of carbonyl (C=O) groups excluding carboxylic acids is 1. The van der Waals surface area contributed by atoms with Gasteiger partial charge in [-0.2, -0.15) is 0 Å². The van der Waals surface area contributed by atoms with E-state index in [0.29, 0.717) is 11.2 Å². The predicted molar refractivity (Wildman–Crippen MR) is 103 cm³/mol. The topological polar surface area (TPSA) is 41.1 Å². The monoisotopic (exact) mass is 360 g/mol. The van der Waals surface area contributed by atoms with E-state index in [2.05, 4.69) is 17.6 Å². The summed E-state index contributed by atoms with van der Waals surface area (Å²) in [5.41, 5.74) is -0.101. The first-order valence-corrected chi connectivity index (χ1v) is 11.0. The second kappa shape index (κ2) is 5.94. The van der Waals surface area contributed by atoms with Gasteiger partial charge in [0.05, 0.1) is 5.41 Å². The van der Waals surface area contributed by atoms with Crippen molar-refractivity contribution >= 4 is 23.2 Å². The summed E-state index contributed by atoms with van der Waals surface area (Å²) in [5, 5.41) is 7.17. The highest BCUT2D eigenvalue weighted by Gasteiger charge is 2.54. The van der Waals surface area contributed by atoms with Gasteiger partial charge in [-0.25, -0.2) is 0 Å². The molecule has 6 aliphatic carbocycles. The third-order valence-electron chi connectivity index (χ3n) is 8.54. The van der Waals surface area contributed by atoms with Gasteiger partial charge in [0.15, 0.2) is 5.11 Å². The second-order valence-corrected chi connectivity index (χ2v) is 10.7. The van der Waals surface area contributed by atoms with Gasteiger partial charge in [0.1, 0.15) is 0 Å². The molecule has 0 aromatic rings. The van der Waals surface area contributed by atoms with Crippen molar-refractivity contribution in [2.75, 3.05) is 0 Å². The van der Waals surface area contributed by atoms with Gasteiger partial charge in [0, 0.05) is 6.04 Å². The summed E-state index contributed by atoms with van der Waals surface area (Å²) in [6.07, 6.45) is 13.0. The molecule has 0 radical (unpaired) electrons. The van der Waals surface area contributed by atoms with Crippen LogP contribution in [0.4, 0.5) is 0 Å². The fraction of sp³-hybridized carbons (Fsp3) is 0.905. The van der Waals surface area contributed by atoms with Gasteiger partial charge >= 0.3 is 0 Å². The van der Waals surface area contributed by atoms with Gasteiger partial charge in [-0.1, -0.05) is 6.42 Å². The lowest BCUT2D eigenvalue weighted by Crippen LogP contribution is -2.56. The molecule has 6 rings (SSSR count). The Kier molecular flexibility index (Phi) is 3.92. The molecule has 25 heavy (non-hydrogen) atoms. The maximum absolute atomic E-state index is 13.1. The molecule has 1 amide bonds. The van der Waals surface area contributed by atoms with Crippen LogP contribution in [0.1, 0.15) is 71.1 Å². The third kappa shape index (κ3) is 2.83. The fourth-order valence-electron chi connectivity index (χ4n) is 7.88. The quantitative estimate of drug-likeness (QED) is 0.747. The Morgan fingerprint density at radius 3 is 2.12 bits per heavy atom. The van der Waals surface area contributed by atoms with E-state index in [-0.39, 0.29) is 11.3 Å². The Hall–Kier alpha value is -0.640. The van der Waals surface area contributed by atoms with Crippen molar-refractivity contribution < 1.29 is 4.79 Å². The van der Waals surface area contributed by atoms with Crippen LogP contribution in [0.3, 0.4) is 0 Å². The molecular weight excluding hydrogens is 328 g/mol. The first kappa shape index (κ1) is 16.5. The Labute approximate surface area is 157 Å². The summed E-state index contributed by atoms with van der Waals surface area (Å²) in [5.74, 6) is 5.20. The summed E-state index contributed by atoms with van der Waals surface area (Å²) >= 11 is 5.54. The first-order valence-electron chi connectivity index (χ1n) is 10.6. The maximum Gasteiger partial charge on any atom is 0.232 e. The minimum Gasteiger partial charge on any atom is -0.360 e. The van der Waals surface area contributed by atoms with E-state index in [0.717, 1.165) is 54.8 Å². The number of thiocarbonyl (C=S) groups is 1. The molecule has 3 nitrogen and oxygen atoms in total. The summed E-state index contributed by atoms with van der Waals surface area (Å²) in [6, 6.07) is 0.388. The van der Waals surface area contributed by atoms with Crippen LogP contribution in [0.2, 0.25) is 0 Å². The lowest BCUT2D eigenvalue weighted by atomic mass is 9.49. The molecule has 0 saturated heterocycles. The molecule has 6 fully saturated rings. The molecule has 0 aromatic carbocycles. The molecule has 6 saturated carbocycles. The Balaban J connectivity index is 1.19. The van der Waals surface area contributed by atoms with Crippen molar-refractivity contribution in [1.29, 1.82) is 0 Å². The van der Waals surface area contributed by atoms with Crippen molar-refractivity contribution in [3.8, 4) is 0 Å². The Bertz CT molecular complexity index is 553. The van der Waals surface area contributed by atoms with Crippen LogP contribution in [0.15, 0.2) is 0 Å². The van der Waals surface area contributed by atoms with E-state index in [1.54, 1.807) is 0 Å². The average molecular weight is 361 g/mol. The molecule has 2 N–H and O–H groups in total. The summed E-state index contributed by atoms with van der Waals surface area (Å²) in [4.78, 5) is 13.1. The van der Waals surface area contributed by atoms with E-state index in [9.17, 15) is 4.79 Å². The van der Waals surface area contributed by atoms with Crippen LogP contribution in [0, 0.1) is 40.9 Å². The molecular formula is C21H32N2OS. The van der Waals surface area contributed by atoms with E-state index in [4.69, 9.17) is 12.2 Å². The zero-order valence-electron chi connectivity index (χ0n) is 15.4. The van der Waals surface area contributed by atoms with Gasteiger partial charge in [-0.3, -0.25) is 4.79 Å². The summed E-state index contributed by atoms with van der Waals surface area (Å²) in [7, 11) is 0. The molecule has 0 heterocycles. The summed E-state index contributed by atoms with van der Waals surface area (Å²) in [6.45, 7) is 2.26. The Morgan fingerprint density at radius 2 is 1.60 bits per heavy atom. The highest BCUT2D eigenvalue weighted by molar-refractivity contribution is 7.80. The van der Waals surface area contributed by atoms with Crippen molar-refractivity contribution in [3.05, 3.63) is 0 Å². The SMILES string of the molecule is CC(NC(=S)NC(=O)C12CC3CC(CC(C3)C1)C2)C1CC2CCC1C2. The molecule has 6 bridgehead atoms. The highest BCUT2D eigenvalue weighted by atomic mass is 32.1. The van der Waals surface area contributed by atoms with E-state index in [1.165, 1.54) is 44.9 Å². The van der Waals surface area contributed by atoms with Crippen LogP contribution in [-0.2, 0) is 4.79 Å². The zero-order valence-corrected chi connectivity index (χ0v) is 16.2. The van der Waals surface area contributed by atoms with E-state index >= 15 is 0 Å². The number of hydrogen-bond acceptors (Lipinski definition) is 2. The largest absolute Gasteiger partial charge is 0.360 e. The maximum atomic E-state index is 13.1. The number of carbonyl (C=O) groups is 1. The number of hydrogen-bond donors (Lipinski definition) is 2. The second-order valence-electron chi connectivity index (χ2n) is 10.3. The lowest BCUT2D eigenvalue weighted by Gasteiger charge is -2.55. The normalized spacial score (nSPS) is 47.7. The van der Waals surface area contributed by atoms with Crippen LogP contribution in [0.25, 0.3) is 0 Å². The Morgan fingerprint density at radius 1 is 0.960 bits per heavy atom. The van der Waals surface area contributed by atoms with Crippen molar-refractivity contribution in [2.24, 2.45) is 40.9 Å². The smallest absolute Gasteiger partial charge is 0.232 e. The molecule has 4 unspecified atom stereocenters. The molecule has 0 aliphatic heterocycles. The van der Waals surface area contributed by atoms with Crippen LogP contribution >= 0.6 is 12.2 Å². The summed E-state index contributed by atoms with van der Waals surface area (Å²) < 4.78 is 0. The molecule has 4 heteroatoms. The number of amides is 1. The van der Waals surface area contributed by atoms with Gasteiger partial charge in [0.25, 0.3) is 0 Å². The van der Waals surface area contributed by atoms with Crippen molar-refractivity contribution in [1.82, 2.24) is 10.6 Å². The number of nitrogens with one attached hydrogen (secondary N) is 2.